The van der Waals surface area contributed by atoms with Crippen LogP contribution in [0.5, 0.6) is 5.75 Å². The van der Waals surface area contributed by atoms with Gasteiger partial charge in [0.1, 0.15) is 11.6 Å². The van der Waals surface area contributed by atoms with Crippen molar-refractivity contribution in [3.05, 3.63) is 29.6 Å². The predicted octanol–water partition coefficient (Wildman–Crippen LogP) is 1.84. The Balaban J connectivity index is 2.55. The quantitative estimate of drug-likeness (QED) is 0.707. The van der Waals surface area contributed by atoms with E-state index in [1.807, 2.05) is 6.92 Å². The molecule has 1 rings (SSSR count). The van der Waals surface area contributed by atoms with Gasteiger partial charge in [-0.25, -0.2) is 4.39 Å². The van der Waals surface area contributed by atoms with E-state index < -0.39 is 0 Å². The van der Waals surface area contributed by atoms with Crippen LogP contribution >= 0.6 is 0 Å². The lowest BCUT2D eigenvalue weighted by molar-refractivity contribution is -0.122. The normalized spacial score (nSPS) is 10.3. The van der Waals surface area contributed by atoms with Gasteiger partial charge in [-0.3, -0.25) is 4.79 Å². The molecule has 0 aliphatic heterocycles. The van der Waals surface area contributed by atoms with Crippen LogP contribution in [0.25, 0.3) is 0 Å². The molecule has 0 saturated carbocycles. The Morgan fingerprint density at radius 1 is 1.32 bits per heavy atom. The van der Waals surface area contributed by atoms with Crippen LogP contribution in [0.1, 0.15) is 25.8 Å². The van der Waals surface area contributed by atoms with Crippen molar-refractivity contribution in [2.24, 2.45) is 0 Å². The van der Waals surface area contributed by atoms with Gasteiger partial charge in [-0.05, 0) is 37.6 Å². The largest absolute Gasteiger partial charge is 0.484 e. The molecule has 0 saturated heterocycles. The Hall–Kier alpha value is -1.62. The van der Waals surface area contributed by atoms with Crippen molar-refractivity contribution in [2.45, 2.75) is 26.8 Å². The number of halogens is 1. The highest BCUT2D eigenvalue weighted by molar-refractivity contribution is 5.77. The zero-order valence-electron chi connectivity index (χ0n) is 11.5. The van der Waals surface area contributed by atoms with E-state index in [-0.39, 0.29) is 18.3 Å². The number of benzene rings is 1. The average molecular weight is 268 g/mol. The first-order chi connectivity index (χ1) is 9.15. The molecule has 106 valence electrons. The maximum Gasteiger partial charge on any atom is 0.257 e. The fraction of sp³-hybridized carbons (Fsp3) is 0.500. The number of hydrogen-bond donors (Lipinski definition) is 2. The Kier molecular flexibility index (Phi) is 6.89. The molecule has 0 radical (unpaired) electrons. The first-order valence-corrected chi connectivity index (χ1v) is 6.55. The maximum atomic E-state index is 13.4. The van der Waals surface area contributed by atoms with Crippen LogP contribution in [0.3, 0.4) is 0 Å². The second kappa shape index (κ2) is 8.48. The Bertz CT molecular complexity index is 410. The summed E-state index contributed by atoms with van der Waals surface area (Å²) in [6, 6.07) is 4.48. The Morgan fingerprint density at radius 2 is 2.11 bits per heavy atom. The summed E-state index contributed by atoms with van der Waals surface area (Å²) in [5.74, 6) is -0.196. The van der Waals surface area contributed by atoms with Crippen molar-refractivity contribution >= 4 is 5.91 Å². The van der Waals surface area contributed by atoms with Crippen molar-refractivity contribution in [3.8, 4) is 5.75 Å². The summed E-state index contributed by atoms with van der Waals surface area (Å²) in [5, 5.41) is 5.81. The summed E-state index contributed by atoms with van der Waals surface area (Å²) in [5.41, 5.74) is 0.805. The second-order valence-corrected chi connectivity index (χ2v) is 4.21. The summed E-state index contributed by atoms with van der Waals surface area (Å²) in [6.07, 6.45) is 1.02. The molecule has 2 N–H and O–H groups in total. The van der Waals surface area contributed by atoms with E-state index in [0.717, 1.165) is 18.5 Å². The van der Waals surface area contributed by atoms with Crippen molar-refractivity contribution in [3.63, 3.8) is 0 Å². The Labute approximate surface area is 113 Å². The van der Waals surface area contributed by atoms with Crippen LogP contribution in [0.15, 0.2) is 18.2 Å². The topological polar surface area (TPSA) is 50.4 Å². The van der Waals surface area contributed by atoms with Gasteiger partial charge in [-0.2, -0.15) is 0 Å². The molecule has 0 bridgehead atoms. The van der Waals surface area contributed by atoms with Crippen LogP contribution < -0.4 is 15.4 Å². The molecule has 0 aliphatic rings. The lowest BCUT2D eigenvalue weighted by atomic mass is 10.2. The minimum atomic E-state index is -0.360. The van der Waals surface area contributed by atoms with Gasteiger partial charge in [0.2, 0.25) is 0 Å². The van der Waals surface area contributed by atoms with Crippen LogP contribution in [0.2, 0.25) is 0 Å². The highest BCUT2D eigenvalue weighted by atomic mass is 19.1. The molecule has 19 heavy (non-hydrogen) atoms. The molecular formula is C14H21FN2O2. The molecule has 5 heteroatoms. The van der Waals surface area contributed by atoms with Crippen LogP contribution in [0.4, 0.5) is 4.39 Å². The summed E-state index contributed by atoms with van der Waals surface area (Å²) < 4.78 is 18.7. The molecular weight excluding hydrogens is 247 g/mol. The molecule has 0 spiro atoms. The van der Waals surface area contributed by atoms with Crippen molar-refractivity contribution in [2.75, 3.05) is 19.7 Å². The van der Waals surface area contributed by atoms with E-state index in [4.69, 9.17) is 4.74 Å². The van der Waals surface area contributed by atoms with E-state index in [2.05, 4.69) is 17.6 Å². The fourth-order valence-corrected chi connectivity index (χ4v) is 1.61. The van der Waals surface area contributed by atoms with Crippen LogP contribution in [-0.2, 0) is 11.3 Å². The molecule has 1 amide bonds. The molecule has 1 aromatic carbocycles. The first kappa shape index (κ1) is 15.4. The van der Waals surface area contributed by atoms with E-state index in [0.29, 0.717) is 18.8 Å². The van der Waals surface area contributed by atoms with Gasteiger partial charge in [0.05, 0.1) is 0 Å². The minimum absolute atomic E-state index is 0.0981. The zero-order valence-corrected chi connectivity index (χ0v) is 11.5. The standard InChI is InChI=1S/C14H21FN2O2/c1-3-5-16-9-11-6-12(15)8-13(7-11)19-10-14(18)17-4-2/h6-8,16H,3-5,9-10H2,1-2H3,(H,17,18). The highest BCUT2D eigenvalue weighted by Gasteiger charge is 2.04. The molecule has 0 aliphatic carbocycles. The SMILES string of the molecule is CCCNCc1cc(F)cc(OCC(=O)NCC)c1. The van der Waals surface area contributed by atoms with Crippen molar-refractivity contribution in [1.82, 2.24) is 10.6 Å². The molecule has 0 atom stereocenters. The maximum absolute atomic E-state index is 13.4. The van der Waals surface area contributed by atoms with Gasteiger partial charge < -0.3 is 15.4 Å². The number of nitrogens with one attached hydrogen (secondary N) is 2. The molecule has 0 fully saturated rings. The molecule has 0 aromatic heterocycles. The highest BCUT2D eigenvalue weighted by Crippen LogP contribution is 2.16. The van der Waals surface area contributed by atoms with Crippen LogP contribution in [-0.4, -0.2) is 25.6 Å². The average Bonchev–Trinajstić information content (AvgIpc) is 2.37. The van der Waals surface area contributed by atoms with Crippen LogP contribution in [0, 0.1) is 5.82 Å². The molecule has 4 nitrogen and oxygen atoms in total. The fourth-order valence-electron chi connectivity index (χ4n) is 1.61. The monoisotopic (exact) mass is 268 g/mol. The third-order valence-electron chi connectivity index (χ3n) is 2.43. The summed E-state index contributed by atoms with van der Waals surface area (Å²) in [4.78, 5) is 11.3. The van der Waals surface area contributed by atoms with E-state index in [1.54, 1.807) is 6.07 Å². The summed E-state index contributed by atoms with van der Waals surface area (Å²) >= 11 is 0. The van der Waals surface area contributed by atoms with Crippen molar-refractivity contribution in [1.29, 1.82) is 0 Å². The lowest BCUT2D eigenvalue weighted by Crippen LogP contribution is -2.28. The number of hydrogen-bond acceptors (Lipinski definition) is 3. The third-order valence-corrected chi connectivity index (χ3v) is 2.43. The smallest absolute Gasteiger partial charge is 0.257 e. The first-order valence-electron chi connectivity index (χ1n) is 6.55. The van der Waals surface area contributed by atoms with Gasteiger partial charge in [-0.1, -0.05) is 6.92 Å². The number of carbonyl (C=O) groups is 1. The predicted molar refractivity (Wildman–Crippen MR) is 72.6 cm³/mol. The van der Waals surface area contributed by atoms with Gasteiger partial charge in [0.25, 0.3) is 5.91 Å². The van der Waals surface area contributed by atoms with Gasteiger partial charge in [0.15, 0.2) is 6.61 Å². The molecule has 0 heterocycles. The van der Waals surface area contributed by atoms with Crippen molar-refractivity contribution < 1.29 is 13.9 Å². The van der Waals surface area contributed by atoms with E-state index in [9.17, 15) is 9.18 Å². The number of amides is 1. The number of rotatable bonds is 8. The number of carbonyl (C=O) groups excluding carboxylic acids is 1. The van der Waals surface area contributed by atoms with Gasteiger partial charge >= 0.3 is 0 Å². The van der Waals surface area contributed by atoms with E-state index in [1.165, 1.54) is 12.1 Å². The second-order valence-electron chi connectivity index (χ2n) is 4.21. The van der Waals surface area contributed by atoms with Gasteiger partial charge in [-0.15, -0.1) is 0 Å². The zero-order chi connectivity index (χ0) is 14.1. The van der Waals surface area contributed by atoms with Gasteiger partial charge in [0, 0.05) is 19.2 Å². The Morgan fingerprint density at radius 3 is 2.79 bits per heavy atom. The van der Waals surface area contributed by atoms with E-state index >= 15 is 0 Å². The lowest BCUT2D eigenvalue weighted by Gasteiger charge is -2.09. The summed E-state index contributed by atoms with van der Waals surface area (Å²) in [7, 11) is 0. The number of ether oxygens (including phenoxy) is 1. The third kappa shape index (κ3) is 6.20. The molecule has 1 aromatic rings. The minimum Gasteiger partial charge on any atom is -0.484 e. The number of likely N-dealkylation sites (N-methyl/N-ethyl adjacent to an activating group) is 1. The molecule has 0 unspecified atom stereocenters. The summed E-state index contributed by atoms with van der Waals surface area (Å²) in [6.45, 7) is 5.82.